The summed E-state index contributed by atoms with van der Waals surface area (Å²) >= 11 is 0. The highest BCUT2D eigenvalue weighted by molar-refractivity contribution is 6.27. The summed E-state index contributed by atoms with van der Waals surface area (Å²) in [7, 11) is -0.432. The van der Waals surface area contributed by atoms with Gasteiger partial charge in [0, 0.05) is 6.10 Å². The second kappa shape index (κ2) is 12.1. The molecule has 3 heteroatoms. The summed E-state index contributed by atoms with van der Waals surface area (Å²) in [6.45, 7) is 15.6. The number of hydrogen-bond donors (Lipinski definition) is 1. The van der Waals surface area contributed by atoms with Crippen LogP contribution in [0.25, 0.3) is 0 Å². The lowest BCUT2D eigenvalue weighted by atomic mass is 9.64. The van der Waals surface area contributed by atoms with E-state index in [-0.39, 0.29) is 0 Å². The minimum atomic E-state index is -0.432. The lowest BCUT2D eigenvalue weighted by molar-refractivity contribution is 0.000508. The molecule has 0 saturated heterocycles. The Hall–Kier alpha value is 0.137. The first-order valence-electron chi connectivity index (χ1n) is 12.6. The molecule has 166 valence electrons. The van der Waals surface area contributed by atoms with E-state index in [1.807, 2.05) is 0 Å². The summed E-state index contributed by atoms with van der Waals surface area (Å²) in [4.78, 5) is 0. The Morgan fingerprint density at radius 3 is 2.07 bits per heavy atom. The Morgan fingerprint density at radius 1 is 0.857 bits per heavy atom. The summed E-state index contributed by atoms with van der Waals surface area (Å²) < 4.78 is 6.86. The Bertz CT molecular complexity index is 427. The average Bonchev–Trinajstić information content (AvgIpc) is 2.63. The molecule has 0 aromatic rings. The number of nitrogens with two attached hydrogens (primary N) is 1. The maximum atomic E-state index is 6.86. The molecule has 2 saturated carbocycles. The summed E-state index contributed by atoms with van der Waals surface area (Å²) in [5, 5.41) is 0. The van der Waals surface area contributed by atoms with Gasteiger partial charge in [-0.15, -0.1) is 0 Å². The highest BCUT2D eigenvalue weighted by Crippen LogP contribution is 2.46. The van der Waals surface area contributed by atoms with E-state index in [0.717, 1.165) is 60.3 Å². The summed E-state index contributed by atoms with van der Waals surface area (Å²) in [5.74, 6) is 6.83. The molecule has 0 bridgehead atoms. The lowest BCUT2D eigenvalue weighted by Gasteiger charge is -2.45. The van der Waals surface area contributed by atoms with Crippen molar-refractivity contribution in [3.05, 3.63) is 0 Å². The van der Waals surface area contributed by atoms with Crippen LogP contribution in [-0.4, -0.2) is 22.4 Å². The minimum absolute atomic E-state index is 0.432. The van der Waals surface area contributed by atoms with Crippen molar-refractivity contribution in [2.24, 2.45) is 53.1 Å². The van der Waals surface area contributed by atoms with Crippen LogP contribution in [0.1, 0.15) is 92.9 Å². The van der Waals surface area contributed by atoms with Gasteiger partial charge in [-0.3, -0.25) is 0 Å². The van der Waals surface area contributed by atoms with E-state index in [1.54, 1.807) is 0 Å². The van der Waals surface area contributed by atoms with Crippen molar-refractivity contribution >= 4 is 9.76 Å². The summed E-state index contributed by atoms with van der Waals surface area (Å²) in [5.41, 5.74) is 5.75. The fraction of sp³-hybridized carbons (Fsp3) is 1.00. The molecule has 7 atom stereocenters. The van der Waals surface area contributed by atoms with E-state index < -0.39 is 9.76 Å². The van der Waals surface area contributed by atoms with Crippen molar-refractivity contribution in [3.8, 4) is 0 Å². The molecule has 0 spiro atoms. The van der Waals surface area contributed by atoms with E-state index in [9.17, 15) is 0 Å². The zero-order valence-electron chi connectivity index (χ0n) is 20.0. The third-order valence-electron chi connectivity index (χ3n) is 8.18. The first-order chi connectivity index (χ1) is 13.3. The van der Waals surface area contributed by atoms with E-state index in [2.05, 4.69) is 41.5 Å². The van der Waals surface area contributed by atoms with Gasteiger partial charge < -0.3 is 10.2 Å². The normalized spacial score (nSPS) is 35.9. The highest BCUT2D eigenvalue weighted by Gasteiger charge is 2.39. The third-order valence-corrected chi connectivity index (χ3v) is 9.63. The first kappa shape index (κ1) is 24.4. The average molecular weight is 410 g/mol. The molecule has 2 aliphatic rings. The van der Waals surface area contributed by atoms with Gasteiger partial charge in [0.2, 0.25) is 0 Å². The van der Waals surface area contributed by atoms with Gasteiger partial charge in [0.05, 0.1) is 0 Å². The van der Waals surface area contributed by atoms with Crippen molar-refractivity contribution in [3.63, 3.8) is 0 Å². The van der Waals surface area contributed by atoms with Crippen molar-refractivity contribution in [2.45, 2.75) is 105 Å². The van der Waals surface area contributed by atoms with Crippen molar-refractivity contribution < 1.29 is 4.43 Å². The van der Waals surface area contributed by atoms with Crippen LogP contribution in [0.2, 0.25) is 6.04 Å². The van der Waals surface area contributed by atoms with Crippen LogP contribution in [-0.2, 0) is 4.43 Å². The van der Waals surface area contributed by atoms with Crippen LogP contribution >= 0.6 is 0 Å². The zero-order valence-corrected chi connectivity index (χ0v) is 21.4. The van der Waals surface area contributed by atoms with Gasteiger partial charge in [-0.25, -0.2) is 0 Å². The first-order valence-corrected chi connectivity index (χ1v) is 14.2. The number of hydrogen-bond acceptors (Lipinski definition) is 2. The smallest absolute Gasteiger partial charge is 0.162 e. The molecule has 0 amide bonds. The molecule has 2 fully saturated rings. The molecule has 2 aliphatic carbocycles. The quantitative estimate of drug-likeness (QED) is 0.353. The number of rotatable bonds is 10. The van der Waals surface area contributed by atoms with E-state index in [1.165, 1.54) is 51.0 Å². The largest absolute Gasteiger partial charge is 0.421 e. The Morgan fingerprint density at radius 2 is 1.46 bits per heavy atom. The molecule has 0 aliphatic heterocycles. The van der Waals surface area contributed by atoms with Crippen molar-refractivity contribution in [2.75, 3.05) is 6.54 Å². The van der Waals surface area contributed by atoms with Crippen molar-refractivity contribution in [1.29, 1.82) is 0 Å². The predicted molar refractivity (Wildman–Crippen MR) is 126 cm³/mol. The molecule has 7 unspecified atom stereocenters. The highest BCUT2D eigenvalue weighted by atomic mass is 28.2. The lowest BCUT2D eigenvalue weighted by Crippen LogP contribution is -2.41. The van der Waals surface area contributed by atoms with E-state index in [0.29, 0.717) is 6.10 Å². The molecule has 2 rings (SSSR count). The van der Waals surface area contributed by atoms with Gasteiger partial charge in [0.25, 0.3) is 0 Å². The molecule has 0 heterocycles. The Balaban J connectivity index is 2.14. The molecule has 0 radical (unpaired) electrons. The Kier molecular flexibility index (Phi) is 10.5. The summed E-state index contributed by atoms with van der Waals surface area (Å²) in [6.07, 6.45) is 11.6. The van der Waals surface area contributed by atoms with Gasteiger partial charge in [0.1, 0.15) is 0 Å². The van der Waals surface area contributed by atoms with E-state index in [4.69, 9.17) is 10.2 Å². The molecule has 28 heavy (non-hydrogen) atoms. The van der Waals surface area contributed by atoms with Crippen LogP contribution in [0, 0.1) is 47.3 Å². The molecular formula is C25H51NOSi. The fourth-order valence-corrected chi connectivity index (χ4v) is 7.87. The predicted octanol–water partition coefficient (Wildman–Crippen LogP) is 6.03. The molecule has 2 nitrogen and oxygen atoms in total. The molecule has 0 aromatic heterocycles. The van der Waals surface area contributed by atoms with Crippen molar-refractivity contribution in [1.82, 2.24) is 0 Å². The Labute approximate surface area is 179 Å². The van der Waals surface area contributed by atoms with Crippen LogP contribution in [0.4, 0.5) is 0 Å². The fourth-order valence-electron chi connectivity index (χ4n) is 6.52. The van der Waals surface area contributed by atoms with Crippen LogP contribution in [0.15, 0.2) is 0 Å². The van der Waals surface area contributed by atoms with Gasteiger partial charge in [-0.05, 0) is 98.5 Å². The van der Waals surface area contributed by atoms with Gasteiger partial charge >= 0.3 is 0 Å². The molecular weight excluding hydrogens is 358 g/mol. The molecule has 2 N–H and O–H groups in total. The van der Waals surface area contributed by atoms with Gasteiger partial charge in [-0.1, -0.05) is 54.4 Å². The second-order valence-corrected chi connectivity index (χ2v) is 12.7. The summed E-state index contributed by atoms with van der Waals surface area (Å²) in [6, 6.07) is 1.26. The van der Waals surface area contributed by atoms with E-state index >= 15 is 0 Å². The SMILES string of the molecule is CC1CCC(C(C)C)C(CC(O[SiH2]CCCN)C2CC(C)CCC2C(C)C)C1. The zero-order chi connectivity index (χ0) is 20.7. The van der Waals surface area contributed by atoms with Crippen LogP contribution in [0.5, 0.6) is 0 Å². The monoisotopic (exact) mass is 409 g/mol. The van der Waals surface area contributed by atoms with Crippen LogP contribution < -0.4 is 5.73 Å². The standard InChI is InChI=1S/C25H51NOSi/c1-17(2)22-10-8-19(5)14-21(22)16-25(27-28-13-7-12-26)24-15-20(6)9-11-23(24)18(3)4/h17-25H,7-16,26,28H2,1-6H3. The third kappa shape index (κ3) is 7.13. The topological polar surface area (TPSA) is 35.2 Å². The van der Waals surface area contributed by atoms with Gasteiger partial charge in [-0.2, -0.15) is 0 Å². The maximum Gasteiger partial charge on any atom is 0.162 e. The minimum Gasteiger partial charge on any atom is -0.421 e. The second-order valence-electron chi connectivity index (χ2n) is 11.2. The van der Waals surface area contributed by atoms with Gasteiger partial charge in [0.15, 0.2) is 9.76 Å². The maximum absolute atomic E-state index is 6.86. The molecule has 0 aromatic carbocycles. The van der Waals surface area contributed by atoms with Crippen LogP contribution in [0.3, 0.4) is 0 Å².